The van der Waals surface area contributed by atoms with E-state index in [9.17, 15) is 4.79 Å². The summed E-state index contributed by atoms with van der Waals surface area (Å²) in [4.78, 5) is 16.3. The van der Waals surface area contributed by atoms with Gasteiger partial charge in [-0.15, -0.1) is 0 Å². The molecular formula is C19H21N3O3. The molecule has 6 nitrogen and oxygen atoms in total. The zero-order valence-electron chi connectivity index (χ0n) is 14.1. The number of aromatic nitrogens is 2. The number of carbonyl (C=O) groups excluding carboxylic acids is 1. The van der Waals surface area contributed by atoms with Crippen molar-refractivity contribution in [2.24, 2.45) is 0 Å². The number of rotatable bonds is 8. The van der Waals surface area contributed by atoms with Crippen molar-refractivity contribution in [1.82, 2.24) is 9.66 Å². The Morgan fingerprint density at radius 2 is 1.80 bits per heavy atom. The predicted octanol–water partition coefficient (Wildman–Crippen LogP) is 3.36. The lowest BCUT2D eigenvalue weighted by atomic mass is 10.3. The third kappa shape index (κ3) is 4.29. The third-order valence-corrected chi connectivity index (χ3v) is 3.65. The average molecular weight is 339 g/mol. The molecule has 0 saturated carbocycles. The fourth-order valence-corrected chi connectivity index (χ4v) is 2.50. The number of benzene rings is 2. The van der Waals surface area contributed by atoms with E-state index in [4.69, 9.17) is 9.47 Å². The number of ether oxygens (including phenoxy) is 2. The van der Waals surface area contributed by atoms with Gasteiger partial charge >= 0.3 is 0 Å². The van der Waals surface area contributed by atoms with Gasteiger partial charge in [0.1, 0.15) is 6.33 Å². The molecule has 1 N–H and O–H groups in total. The molecule has 0 bridgehead atoms. The van der Waals surface area contributed by atoms with Crippen molar-refractivity contribution in [1.29, 1.82) is 0 Å². The van der Waals surface area contributed by atoms with Crippen LogP contribution >= 0.6 is 0 Å². The van der Waals surface area contributed by atoms with E-state index in [1.807, 2.05) is 55.5 Å². The van der Waals surface area contributed by atoms with E-state index in [-0.39, 0.29) is 5.91 Å². The van der Waals surface area contributed by atoms with E-state index in [1.54, 1.807) is 11.0 Å². The molecule has 2 aromatic carbocycles. The Morgan fingerprint density at radius 1 is 1.08 bits per heavy atom. The number of nitrogens with zero attached hydrogens (tertiary/aromatic N) is 2. The predicted molar refractivity (Wildman–Crippen MR) is 96.4 cm³/mol. The molecule has 0 aliphatic heterocycles. The maximum atomic E-state index is 12.1. The molecule has 130 valence electrons. The lowest BCUT2D eigenvalue weighted by molar-refractivity contribution is -0.117. The molecule has 1 aromatic heterocycles. The SMILES string of the molecule is CCOc1ccccc1OCCCC(=O)Nn1cnc2ccccc21. The van der Waals surface area contributed by atoms with Crippen LogP contribution in [0.25, 0.3) is 11.0 Å². The largest absolute Gasteiger partial charge is 0.490 e. The van der Waals surface area contributed by atoms with Crippen LogP contribution in [0.5, 0.6) is 11.5 Å². The van der Waals surface area contributed by atoms with Crippen molar-refractivity contribution in [3.63, 3.8) is 0 Å². The van der Waals surface area contributed by atoms with Gasteiger partial charge in [0.15, 0.2) is 11.5 Å². The first-order valence-electron chi connectivity index (χ1n) is 8.34. The standard InChI is InChI=1S/C19H21N3O3/c1-2-24-17-10-5-6-11-18(17)25-13-7-12-19(23)21-22-14-20-15-8-3-4-9-16(15)22/h3-6,8-11,14H,2,7,12-13H2,1H3,(H,21,23). The summed E-state index contributed by atoms with van der Waals surface area (Å²) in [5.74, 6) is 1.34. The molecule has 0 aliphatic rings. The highest BCUT2D eigenvalue weighted by molar-refractivity contribution is 5.86. The fourth-order valence-electron chi connectivity index (χ4n) is 2.50. The Labute approximate surface area is 146 Å². The number of nitrogens with one attached hydrogen (secondary N) is 1. The first-order chi connectivity index (χ1) is 12.3. The summed E-state index contributed by atoms with van der Waals surface area (Å²) in [6.07, 6.45) is 2.58. The van der Waals surface area contributed by atoms with Crippen LogP contribution in [0.1, 0.15) is 19.8 Å². The van der Waals surface area contributed by atoms with Crippen LogP contribution in [-0.4, -0.2) is 28.8 Å². The second-order valence-electron chi connectivity index (χ2n) is 5.47. The zero-order valence-corrected chi connectivity index (χ0v) is 14.1. The molecular weight excluding hydrogens is 318 g/mol. The normalized spacial score (nSPS) is 10.6. The Kier molecular flexibility index (Phi) is 5.51. The van der Waals surface area contributed by atoms with Gasteiger partial charge in [0.25, 0.3) is 0 Å². The number of fused-ring (bicyclic) bond motifs is 1. The lowest BCUT2D eigenvalue weighted by Gasteiger charge is -2.11. The van der Waals surface area contributed by atoms with Gasteiger partial charge in [-0.1, -0.05) is 24.3 Å². The van der Waals surface area contributed by atoms with Crippen LogP contribution in [-0.2, 0) is 4.79 Å². The molecule has 0 unspecified atom stereocenters. The number of carbonyl (C=O) groups is 1. The van der Waals surface area contributed by atoms with Crippen LogP contribution in [0.15, 0.2) is 54.9 Å². The number of hydrogen-bond acceptors (Lipinski definition) is 4. The van der Waals surface area contributed by atoms with Crippen molar-refractivity contribution in [2.45, 2.75) is 19.8 Å². The van der Waals surface area contributed by atoms with Crippen molar-refractivity contribution in [3.8, 4) is 11.5 Å². The second kappa shape index (κ2) is 8.19. The first kappa shape index (κ1) is 16.8. The second-order valence-corrected chi connectivity index (χ2v) is 5.47. The van der Waals surface area contributed by atoms with Crippen LogP contribution in [0.3, 0.4) is 0 Å². The maximum absolute atomic E-state index is 12.1. The minimum Gasteiger partial charge on any atom is -0.490 e. The number of para-hydroxylation sites is 4. The summed E-state index contributed by atoms with van der Waals surface area (Å²) in [7, 11) is 0. The molecule has 0 radical (unpaired) electrons. The molecule has 0 fully saturated rings. The zero-order chi connectivity index (χ0) is 17.5. The molecule has 0 spiro atoms. The van der Waals surface area contributed by atoms with Crippen LogP contribution < -0.4 is 14.9 Å². The quantitative estimate of drug-likeness (QED) is 0.639. The smallest absolute Gasteiger partial charge is 0.238 e. The first-order valence-corrected chi connectivity index (χ1v) is 8.34. The topological polar surface area (TPSA) is 65.4 Å². The van der Waals surface area contributed by atoms with Gasteiger partial charge in [-0.3, -0.25) is 10.2 Å². The van der Waals surface area contributed by atoms with Crippen molar-refractivity contribution in [2.75, 3.05) is 18.6 Å². The minimum absolute atomic E-state index is 0.0788. The summed E-state index contributed by atoms with van der Waals surface area (Å²) < 4.78 is 12.9. The maximum Gasteiger partial charge on any atom is 0.238 e. The molecule has 3 rings (SSSR count). The van der Waals surface area contributed by atoms with Gasteiger partial charge in [-0.05, 0) is 37.6 Å². The summed E-state index contributed by atoms with van der Waals surface area (Å²) in [6, 6.07) is 15.2. The summed E-state index contributed by atoms with van der Waals surface area (Å²) in [5.41, 5.74) is 4.55. The van der Waals surface area contributed by atoms with Crippen molar-refractivity contribution in [3.05, 3.63) is 54.9 Å². The van der Waals surface area contributed by atoms with Gasteiger partial charge in [0, 0.05) is 6.42 Å². The van der Waals surface area contributed by atoms with E-state index < -0.39 is 0 Å². The lowest BCUT2D eigenvalue weighted by Crippen LogP contribution is -2.22. The molecule has 25 heavy (non-hydrogen) atoms. The molecule has 1 amide bonds. The molecule has 3 aromatic rings. The summed E-state index contributed by atoms with van der Waals surface area (Å²) in [6.45, 7) is 2.96. The molecule has 0 saturated heterocycles. The summed E-state index contributed by atoms with van der Waals surface area (Å²) >= 11 is 0. The highest BCUT2D eigenvalue weighted by Gasteiger charge is 2.07. The Balaban J connectivity index is 1.47. The van der Waals surface area contributed by atoms with Gasteiger partial charge < -0.3 is 9.47 Å². The highest BCUT2D eigenvalue weighted by atomic mass is 16.5. The molecule has 6 heteroatoms. The number of imidazole rings is 1. The van der Waals surface area contributed by atoms with E-state index in [2.05, 4.69) is 10.4 Å². The van der Waals surface area contributed by atoms with E-state index in [0.717, 1.165) is 16.8 Å². The average Bonchev–Trinajstić information content (AvgIpc) is 3.03. The van der Waals surface area contributed by atoms with E-state index >= 15 is 0 Å². The van der Waals surface area contributed by atoms with Crippen molar-refractivity contribution >= 4 is 16.9 Å². The molecule has 0 atom stereocenters. The van der Waals surface area contributed by atoms with Gasteiger partial charge in [0.05, 0.1) is 24.2 Å². The molecule has 1 heterocycles. The molecule has 0 aliphatic carbocycles. The third-order valence-electron chi connectivity index (χ3n) is 3.65. The Morgan fingerprint density at radius 3 is 2.60 bits per heavy atom. The van der Waals surface area contributed by atoms with Gasteiger partial charge in [-0.2, -0.15) is 0 Å². The Hall–Kier alpha value is -3.02. The Bertz CT molecular complexity index is 845. The number of amides is 1. The monoisotopic (exact) mass is 339 g/mol. The van der Waals surface area contributed by atoms with Crippen molar-refractivity contribution < 1.29 is 14.3 Å². The number of hydrogen-bond donors (Lipinski definition) is 1. The minimum atomic E-state index is -0.0788. The fraction of sp³-hybridized carbons (Fsp3) is 0.263. The van der Waals surface area contributed by atoms with Gasteiger partial charge in [-0.25, -0.2) is 9.66 Å². The summed E-state index contributed by atoms with van der Waals surface area (Å²) in [5, 5.41) is 0. The van der Waals surface area contributed by atoms with E-state index in [0.29, 0.717) is 31.8 Å². The van der Waals surface area contributed by atoms with Crippen LogP contribution in [0.4, 0.5) is 0 Å². The van der Waals surface area contributed by atoms with Crippen LogP contribution in [0.2, 0.25) is 0 Å². The van der Waals surface area contributed by atoms with Crippen LogP contribution in [0, 0.1) is 0 Å². The van der Waals surface area contributed by atoms with E-state index in [1.165, 1.54) is 0 Å². The van der Waals surface area contributed by atoms with Gasteiger partial charge in [0.2, 0.25) is 5.91 Å². The highest BCUT2D eigenvalue weighted by Crippen LogP contribution is 2.26.